The Morgan fingerprint density at radius 2 is 2.10 bits per heavy atom. The van der Waals surface area contributed by atoms with Crippen molar-refractivity contribution in [2.75, 3.05) is 18.4 Å². The fourth-order valence-electron chi connectivity index (χ4n) is 2.17. The summed E-state index contributed by atoms with van der Waals surface area (Å²) >= 11 is 6.53. The number of nitrogens with one attached hydrogen (secondary N) is 1. The molecule has 1 fully saturated rings. The van der Waals surface area contributed by atoms with Crippen LogP contribution < -0.4 is 5.32 Å². The quantitative estimate of drug-likeness (QED) is 0.786. The van der Waals surface area contributed by atoms with E-state index in [-0.39, 0.29) is 17.3 Å². The summed E-state index contributed by atoms with van der Waals surface area (Å²) < 4.78 is 1.17. The summed E-state index contributed by atoms with van der Waals surface area (Å²) in [6, 6.07) is 2.91. The van der Waals surface area contributed by atoms with Crippen LogP contribution in [0.3, 0.4) is 0 Å². The largest absolute Gasteiger partial charge is 0.478 e. The van der Waals surface area contributed by atoms with Crippen LogP contribution in [0.5, 0.6) is 0 Å². The van der Waals surface area contributed by atoms with Crippen molar-refractivity contribution in [3.63, 3.8) is 0 Å². The highest BCUT2D eigenvalue weighted by atomic mass is 79.9. The SMILES string of the molecule is CC1CCN(C(=O)Nc2c(Br)cc(Br)cc2C(=O)O)C1. The van der Waals surface area contributed by atoms with Gasteiger partial charge in [-0.15, -0.1) is 0 Å². The van der Waals surface area contributed by atoms with Crippen molar-refractivity contribution in [1.82, 2.24) is 4.90 Å². The standard InChI is InChI=1S/C13H14Br2N2O3/c1-7-2-3-17(6-7)13(20)16-11-9(12(18)19)4-8(14)5-10(11)15/h4-5,7H,2-3,6H2,1H3,(H,16,20)(H,18,19). The number of carboxylic acid groups (broad SMARTS) is 1. The van der Waals surface area contributed by atoms with Gasteiger partial charge in [0.05, 0.1) is 11.3 Å². The second-order valence-corrected chi connectivity index (χ2v) is 6.66. The van der Waals surface area contributed by atoms with Gasteiger partial charge in [-0.05, 0) is 40.4 Å². The highest BCUT2D eigenvalue weighted by molar-refractivity contribution is 9.11. The summed E-state index contributed by atoms with van der Waals surface area (Å²) in [5.41, 5.74) is 0.331. The van der Waals surface area contributed by atoms with Crippen molar-refractivity contribution < 1.29 is 14.7 Å². The molecular formula is C13H14Br2N2O3. The maximum atomic E-state index is 12.2. The molecule has 0 radical (unpaired) electrons. The molecule has 1 saturated heterocycles. The van der Waals surface area contributed by atoms with Crippen LogP contribution in [-0.4, -0.2) is 35.1 Å². The first-order valence-electron chi connectivity index (χ1n) is 6.16. The molecule has 2 rings (SSSR count). The van der Waals surface area contributed by atoms with Crippen LogP contribution in [0.25, 0.3) is 0 Å². The molecule has 0 aliphatic carbocycles. The Bertz CT molecular complexity index is 563. The molecule has 2 amide bonds. The molecule has 1 aliphatic rings. The molecule has 20 heavy (non-hydrogen) atoms. The number of rotatable bonds is 2. The number of likely N-dealkylation sites (tertiary alicyclic amines) is 1. The van der Waals surface area contributed by atoms with Crippen molar-refractivity contribution >= 4 is 49.5 Å². The normalized spacial score (nSPS) is 18.1. The topological polar surface area (TPSA) is 69.6 Å². The van der Waals surface area contributed by atoms with Crippen LogP contribution in [0, 0.1) is 5.92 Å². The Balaban J connectivity index is 2.24. The number of benzene rings is 1. The third-order valence-electron chi connectivity index (χ3n) is 3.23. The molecule has 5 nitrogen and oxygen atoms in total. The van der Waals surface area contributed by atoms with E-state index >= 15 is 0 Å². The number of halogens is 2. The van der Waals surface area contributed by atoms with Crippen LogP contribution in [0.2, 0.25) is 0 Å². The Hall–Kier alpha value is -1.08. The zero-order valence-corrected chi connectivity index (χ0v) is 14.0. The number of anilines is 1. The van der Waals surface area contributed by atoms with E-state index in [0.717, 1.165) is 6.42 Å². The zero-order valence-electron chi connectivity index (χ0n) is 10.8. The molecule has 1 heterocycles. The van der Waals surface area contributed by atoms with E-state index in [2.05, 4.69) is 44.1 Å². The smallest absolute Gasteiger partial charge is 0.337 e. The first-order chi connectivity index (χ1) is 9.38. The van der Waals surface area contributed by atoms with Crippen molar-refractivity contribution in [1.29, 1.82) is 0 Å². The lowest BCUT2D eigenvalue weighted by Gasteiger charge is -2.18. The Morgan fingerprint density at radius 1 is 1.40 bits per heavy atom. The van der Waals surface area contributed by atoms with E-state index in [1.54, 1.807) is 11.0 Å². The number of urea groups is 1. The number of hydrogen-bond acceptors (Lipinski definition) is 2. The molecule has 2 N–H and O–H groups in total. The number of carboxylic acids is 1. The molecule has 0 spiro atoms. The lowest BCUT2D eigenvalue weighted by molar-refractivity contribution is 0.0698. The fraction of sp³-hybridized carbons (Fsp3) is 0.385. The molecule has 1 unspecified atom stereocenters. The third kappa shape index (κ3) is 3.32. The first-order valence-corrected chi connectivity index (χ1v) is 7.75. The van der Waals surface area contributed by atoms with Crippen LogP contribution in [-0.2, 0) is 0 Å². The molecule has 1 aliphatic heterocycles. The van der Waals surface area contributed by atoms with E-state index in [1.165, 1.54) is 6.07 Å². The van der Waals surface area contributed by atoms with Crippen molar-refractivity contribution in [3.8, 4) is 0 Å². The minimum atomic E-state index is -1.09. The van der Waals surface area contributed by atoms with Crippen LogP contribution >= 0.6 is 31.9 Å². The zero-order chi connectivity index (χ0) is 14.9. The monoisotopic (exact) mass is 404 g/mol. The van der Waals surface area contributed by atoms with Gasteiger partial charge in [-0.25, -0.2) is 9.59 Å². The molecule has 1 aromatic rings. The lowest BCUT2D eigenvalue weighted by atomic mass is 10.2. The highest BCUT2D eigenvalue weighted by Crippen LogP contribution is 2.31. The number of carbonyl (C=O) groups excluding carboxylic acids is 1. The van der Waals surface area contributed by atoms with Gasteiger partial charge in [0.2, 0.25) is 0 Å². The maximum Gasteiger partial charge on any atom is 0.337 e. The van der Waals surface area contributed by atoms with Crippen LogP contribution in [0.15, 0.2) is 21.1 Å². The summed E-state index contributed by atoms with van der Waals surface area (Å²) in [7, 11) is 0. The Labute approximate surface area is 133 Å². The van der Waals surface area contributed by atoms with Crippen molar-refractivity contribution in [2.24, 2.45) is 5.92 Å². The second-order valence-electron chi connectivity index (χ2n) is 4.89. The van der Waals surface area contributed by atoms with Gasteiger partial charge in [0, 0.05) is 22.0 Å². The summed E-state index contributed by atoms with van der Waals surface area (Å²) in [6.45, 7) is 3.48. The highest BCUT2D eigenvalue weighted by Gasteiger charge is 2.25. The summed E-state index contributed by atoms with van der Waals surface area (Å²) in [4.78, 5) is 25.1. The Morgan fingerprint density at radius 3 is 2.65 bits per heavy atom. The predicted octanol–water partition coefficient (Wildman–Crippen LogP) is 3.78. The van der Waals surface area contributed by atoms with E-state index in [9.17, 15) is 14.7 Å². The molecule has 7 heteroatoms. The van der Waals surface area contributed by atoms with Crippen molar-refractivity contribution in [2.45, 2.75) is 13.3 Å². The number of carbonyl (C=O) groups is 2. The average Bonchev–Trinajstić information content (AvgIpc) is 2.78. The van der Waals surface area contributed by atoms with E-state index < -0.39 is 5.97 Å². The summed E-state index contributed by atoms with van der Waals surface area (Å²) in [5.74, 6) is -0.606. The number of hydrogen-bond donors (Lipinski definition) is 2. The number of nitrogens with zero attached hydrogens (tertiary/aromatic N) is 1. The third-order valence-corrected chi connectivity index (χ3v) is 4.31. The van der Waals surface area contributed by atoms with Crippen LogP contribution in [0.1, 0.15) is 23.7 Å². The molecule has 108 valence electrons. The van der Waals surface area contributed by atoms with Gasteiger partial charge in [-0.3, -0.25) is 0 Å². The molecule has 1 atom stereocenters. The second kappa shape index (κ2) is 6.13. The summed E-state index contributed by atoms with van der Waals surface area (Å²) in [6.07, 6.45) is 0.973. The van der Waals surface area contributed by atoms with E-state index in [0.29, 0.717) is 28.0 Å². The molecule has 0 saturated carbocycles. The van der Waals surface area contributed by atoms with E-state index in [4.69, 9.17) is 0 Å². The van der Waals surface area contributed by atoms with Gasteiger partial charge in [0.15, 0.2) is 0 Å². The van der Waals surface area contributed by atoms with Gasteiger partial charge in [-0.1, -0.05) is 22.9 Å². The summed E-state index contributed by atoms with van der Waals surface area (Å²) in [5, 5.41) is 11.9. The fourth-order valence-corrected chi connectivity index (χ4v) is 3.50. The van der Waals surface area contributed by atoms with Gasteiger partial charge in [-0.2, -0.15) is 0 Å². The predicted molar refractivity (Wildman–Crippen MR) is 83.2 cm³/mol. The number of aromatic carboxylic acids is 1. The van der Waals surface area contributed by atoms with Crippen LogP contribution in [0.4, 0.5) is 10.5 Å². The first kappa shape index (κ1) is 15.3. The van der Waals surface area contributed by atoms with E-state index in [1.807, 2.05) is 0 Å². The van der Waals surface area contributed by atoms with Gasteiger partial charge < -0.3 is 15.3 Å². The molecule has 0 aromatic heterocycles. The van der Waals surface area contributed by atoms with Gasteiger partial charge in [0.1, 0.15) is 0 Å². The number of amides is 2. The minimum Gasteiger partial charge on any atom is -0.478 e. The van der Waals surface area contributed by atoms with Gasteiger partial charge in [0.25, 0.3) is 0 Å². The minimum absolute atomic E-state index is 0.0480. The molecular weight excluding hydrogens is 392 g/mol. The Kier molecular flexibility index (Phi) is 4.70. The van der Waals surface area contributed by atoms with Crippen molar-refractivity contribution in [3.05, 3.63) is 26.6 Å². The molecule has 0 bridgehead atoms. The lowest BCUT2D eigenvalue weighted by Crippen LogP contribution is -2.33. The molecule has 1 aromatic carbocycles. The van der Waals surface area contributed by atoms with Gasteiger partial charge >= 0.3 is 12.0 Å². The maximum absolute atomic E-state index is 12.2. The average molecular weight is 406 g/mol.